The summed E-state index contributed by atoms with van der Waals surface area (Å²) in [4.78, 5) is 6.39. The third-order valence-corrected chi connectivity index (χ3v) is 2.81. The van der Waals surface area contributed by atoms with Crippen LogP contribution < -0.4 is 4.90 Å². The Morgan fingerprint density at radius 2 is 2.13 bits per heavy atom. The van der Waals surface area contributed by atoms with E-state index in [1.807, 2.05) is 18.5 Å². The molecule has 0 amide bonds. The molecule has 1 aromatic heterocycles. The maximum atomic E-state index is 8.66. The molecule has 15 heavy (non-hydrogen) atoms. The fourth-order valence-corrected chi connectivity index (χ4v) is 1.93. The molecule has 0 aliphatic carbocycles. The van der Waals surface area contributed by atoms with Crippen molar-refractivity contribution in [3.63, 3.8) is 0 Å². The van der Waals surface area contributed by atoms with E-state index in [0.717, 1.165) is 31.6 Å². The molecule has 1 aliphatic heterocycles. The molecule has 4 nitrogen and oxygen atoms in total. The van der Waals surface area contributed by atoms with Crippen LogP contribution in [-0.4, -0.2) is 29.0 Å². The first kappa shape index (κ1) is 9.96. The van der Waals surface area contributed by atoms with E-state index in [-0.39, 0.29) is 0 Å². The molecule has 0 bridgehead atoms. The lowest BCUT2D eigenvalue weighted by Crippen LogP contribution is -2.34. The highest BCUT2D eigenvalue weighted by molar-refractivity contribution is 5.86. The van der Waals surface area contributed by atoms with Crippen LogP contribution in [0.3, 0.4) is 0 Å². The van der Waals surface area contributed by atoms with Crippen molar-refractivity contribution < 1.29 is 5.21 Å². The summed E-state index contributed by atoms with van der Waals surface area (Å²) >= 11 is 0. The molecule has 1 fully saturated rings. The van der Waals surface area contributed by atoms with E-state index in [9.17, 15) is 0 Å². The first-order valence-electron chi connectivity index (χ1n) is 5.16. The number of rotatable bonds is 1. The molecule has 0 saturated carbocycles. The van der Waals surface area contributed by atoms with Crippen LogP contribution in [0.2, 0.25) is 0 Å². The minimum absolute atomic E-state index is 0.845. The maximum absolute atomic E-state index is 8.66. The SMILES string of the molecule is Cc1cnccc1N1CCC(=NO)CC1. The molecule has 0 aromatic carbocycles. The smallest absolute Gasteiger partial charge is 0.0606 e. The van der Waals surface area contributed by atoms with Gasteiger partial charge in [-0.25, -0.2) is 0 Å². The highest BCUT2D eigenvalue weighted by Gasteiger charge is 2.16. The summed E-state index contributed by atoms with van der Waals surface area (Å²) in [5.41, 5.74) is 3.34. The van der Waals surface area contributed by atoms with Crippen LogP contribution in [0.15, 0.2) is 23.6 Å². The Labute approximate surface area is 89.2 Å². The van der Waals surface area contributed by atoms with Crippen LogP contribution in [0.1, 0.15) is 18.4 Å². The lowest BCUT2D eigenvalue weighted by atomic mass is 10.1. The van der Waals surface area contributed by atoms with Crippen molar-refractivity contribution in [2.24, 2.45) is 5.16 Å². The van der Waals surface area contributed by atoms with E-state index < -0.39 is 0 Å². The van der Waals surface area contributed by atoms with Gasteiger partial charge < -0.3 is 10.1 Å². The van der Waals surface area contributed by atoms with Gasteiger partial charge in [0.25, 0.3) is 0 Å². The predicted octanol–water partition coefficient (Wildman–Crippen LogP) is 1.82. The van der Waals surface area contributed by atoms with E-state index >= 15 is 0 Å². The average molecular weight is 205 g/mol. The number of hydrogen-bond acceptors (Lipinski definition) is 4. The summed E-state index contributed by atoms with van der Waals surface area (Å²) in [6, 6.07) is 2.04. The Hall–Kier alpha value is -1.58. The van der Waals surface area contributed by atoms with Crippen molar-refractivity contribution in [3.05, 3.63) is 24.0 Å². The molecule has 1 aliphatic rings. The van der Waals surface area contributed by atoms with E-state index in [4.69, 9.17) is 5.21 Å². The van der Waals surface area contributed by atoms with Crippen molar-refractivity contribution in [3.8, 4) is 0 Å². The third kappa shape index (κ3) is 2.09. The van der Waals surface area contributed by atoms with E-state index in [2.05, 4.69) is 22.0 Å². The zero-order valence-corrected chi connectivity index (χ0v) is 8.85. The second-order valence-electron chi connectivity index (χ2n) is 3.82. The second-order valence-corrected chi connectivity index (χ2v) is 3.82. The summed E-state index contributed by atoms with van der Waals surface area (Å²) in [5, 5.41) is 11.9. The molecule has 80 valence electrons. The Balaban J connectivity index is 2.11. The fourth-order valence-electron chi connectivity index (χ4n) is 1.93. The van der Waals surface area contributed by atoms with E-state index in [1.54, 1.807) is 0 Å². The van der Waals surface area contributed by atoms with Crippen LogP contribution in [0.25, 0.3) is 0 Å². The van der Waals surface area contributed by atoms with Crippen LogP contribution in [0.4, 0.5) is 5.69 Å². The fraction of sp³-hybridized carbons (Fsp3) is 0.455. The van der Waals surface area contributed by atoms with Crippen molar-refractivity contribution in [1.29, 1.82) is 0 Å². The van der Waals surface area contributed by atoms with Crippen molar-refractivity contribution >= 4 is 11.4 Å². The summed E-state index contributed by atoms with van der Waals surface area (Å²) in [5.74, 6) is 0. The van der Waals surface area contributed by atoms with Gasteiger partial charge in [-0.3, -0.25) is 4.98 Å². The maximum Gasteiger partial charge on any atom is 0.0606 e. The standard InChI is InChI=1S/C11H15N3O/c1-9-8-12-5-2-11(9)14-6-3-10(13-15)4-7-14/h2,5,8,15H,3-4,6-7H2,1H3. The summed E-state index contributed by atoms with van der Waals surface area (Å²) in [6.45, 7) is 3.91. The molecule has 1 saturated heterocycles. The van der Waals surface area contributed by atoms with Gasteiger partial charge in [0, 0.05) is 44.0 Å². The van der Waals surface area contributed by atoms with Gasteiger partial charge in [0.15, 0.2) is 0 Å². The minimum atomic E-state index is 0.845. The first-order chi connectivity index (χ1) is 7.31. The van der Waals surface area contributed by atoms with Gasteiger partial charge in [-0.2, -0.15) is 0 Å². The van der Waals surface area contributed by atoms with Gasteiger partial charge in [-0.1, -0.05) is 5.16 Å². The number of nitrogens with zero attached hydrogens (tertiary/aromatic N) is 3. The molecular formula is C11H15N3O. The number of pyridine rings is 1. The largest absolute Gasteiger partial charge is 0.411 e. The molecule has 0 spiro atoms. The first-order valence-corrected chi connectivity index (χ1v) is 5.16. The Morgan fingerprint density at radius 3 is 2.73 bits per heavy atom. The highest BCUT2D eigenvalue weighted by Crippen LogP contribution is 2.21. The number of hydrogen-bond donors (Lipinski definition) is 1. The van der Waals surface area contributed by atoms with Gasteiger partial charge in [0.05, 0.1) is 5.71 Å². The van der Waals surface area contributed by atoms with Crippen molar-refractivity contribution in [2.45, 2.75) is 19.8 Å². The normalized spacial score (nSPS) is 16.6. The lowest BCUT2D eigenvalue weighted by molar-refractivity contribution is 0.315. The summed E-state index contributed by atoms with van der Waals surface area (Å²) in [7, 11) is 0. The topological polar surface area (TPSA) is 48.7 Å². The summed E-state index contributed by atoms with van der Waals surface area (Å²) in [6.07, 6.45) is 5.39. The molecule has 1 N–H and O–H groups in total. The number of aromatic nitrogens is 1. The van der Waals surface area contributed by atoms with Gasteiger partial charge in [0.1, 0.15) is 0 Å². The number of anilines is 1. The molecule has 0 radical (unpaired) electrons. The predicted molar refractivity (Wildman–Crippen MR) is 59.6 cm³/mol. The average Bonchev–Trinajstić information content (AvgIpc) is 2.30. The van der Waals surface area contributed by atoms with Crippen LogP contribution >= 0.6 is 0 Å². The van der Waals surface area contributed by atoms with E-state index in [0.29, 0.717) is 0 Å². The molecule has 2 heterocycles. The van der Waals surface area contributed by atoms with Gasteiger partial charge in [0.2, 0.25) is 0 Å². The number of aryl methyl sites for hydroxylation is 1. The summed E-state index contributed by atoms with van der Waals surface area (Å²) < 4.78 is 0. The van der Waals surface area contributed by atoms with Crippen molar-refractivity contribution in [2.75, 3.05) is 18.0 Å². The molecule has 1 aromatic rings. The van der Waals surface area contributed by atoms with Crippen LogP contribution in [-0.2, 0) is 0 Å². The molecule has 4 heteroatoms. The van der Waals surface area contributed by atoms with Gasteiger partial charge in [-0.05, 0) is 18.6 Å². The van der Waals surface area contributed by atoms with Gasteiger partial charge in [-0.15, -0.1) is 0 Å². The zero-order chi connectivity index (χ0) is 10.7. The lowest BCUT2D eigenvalue weighted by Gasteiger charge is -2.30. The van der Waals surface area contributed by atoms with Crippen LogP contribution in [0.5, 0.6) is 0 Å². The number of oxime groups is 1. The Bertz CT molecular complexity index is 366. The molecule has 2 rings (SSSR count). The zero-order valence-electron chi connectivity index (χ0n) is 8.85. The third-order valence-electron chi connectivity index (χ3n) is 2.81. The Kier molecular flexibility index (Phi) is 2.85. The minimum Gasteiger partial charge on any atom is -0.411 e. The Morgan fingerprint density at radius 1 is 1.40 bits per heavy atom. The highest BCUT2D eigenvalue weighted by atomic mass is 16.4. The second kappa shape index (κ2) is 4.29. The van der Waals surface area contributed by atoms with Crippen LogP contribution in [0, 0.1) is 6.92 Å². The molecular weight excluding hydrogens is 190 g/mol. The monoisotopic (exact) mass is 205 g/mol. The molecule has 0 atom stereocenters. The van der Waals surface area contributed by atoms with Crippen molar-refractivity contribution in [1.82, 2.24) is 4.98 Å². The van der Waals surface area contributed by atoms with Gasteiger partial charge >= 0.3 is 0 Å². The molecule has 0 unspecified atom stereocenters. The number of piperidine rings is 1. The quantitative estimate of drug-likeness (QED) is 0.562. The van der Waals surface area contributed by atoms with E-state index in [1.165, 1.54) is 11.3 Å².